The number of ether oxygens (including phenoxy) is 1. The summed E-state index contributed by atoms with van der Waals surface area (Å²) in [6.45, 7) is 4.99. The first kappa shape index (κ1) is 14.1. The molecule has 0 amide bonds. The number of thiazole rings is 1. The van der Waals surface area contributed by atoms with Crippen molar-refractivity contribution in [1.29, 1.82) is 5.26 Å². The molecule has 3 rings (SSSR count). The van der Waals surface area contributed by atoms with Gasteiger partial charge in [0.25, 0.3) is 0 Å². The summed E-state index contributed by atoms with van der Waals surface area (Å²) in [5.74, 6) is 1.91. The van der Waals surface area contributed by atoms with Crippen LogP contribution in [0.25, 0.3) is 10.6 Å². The highest BCUT2D eigenvalue weighted by atomic mass is 32.1. The van der Waals surface area contributed by atoms with E-state index in [-0.39, 0.29) is 0 Å². The fourth-order valence-corrected chi connectivity index (χ4v) is 3.08. The quantitative estimate of drug-likeness (QED) is 0.810. The maximum absolute atomic E-state index is 9.22. The van der Waals surface area contributed by atoms with Gasteiger partial charge >= 0.3 is 0 Å². The van der Waals surface area contributed by atoms with E-state index in [9.17, 15) is 5.26 Å². The van der Waals surface area contributed by atoms with Gasteiger partial charge in [-0.1, -0.05) is 13.8 Å². The van der Waals surface area contributed by atoms with Crippen LogP contribution in [0, 0.1) is 17.2 Å². The number of hydrogen-bond donors (Lipinski definition) is 0. The second-order valence-electron chi connectivity index (χ2n) is 5.85. The largest absolute Gasteiger partial charge is 0.493 e. The lowest BCUT2D eigenvalue weighted by molar-refractivity contribution is 0.271. The molecule has 1 aromatic heterocycles. The lowest BCUT2D eigenvalue weighted by atomic mass is 10.2. The van der Waals surface area contributed by atoms with Crippen molar-refractivity contribution in [2.24, 2.45) is 5.92 Å². The Bertz CT molecular complexity index is 663. The number of nitriles is 1. The lowest BCUT2D eigenvalue weighted by Crippen LogP contribution is -2.04. The predicted molar refractivity (Wildman–Crippen MR) is 84.6 cm³/mol. The van der Waals surface area contributed by atoms with Crippen molar-refractivity contribution in [2.75, 3.05) is 6.61 Å². The fourth-order valence-electron chi connectivity index (χ4n) is 2.13. The summed E-state index contributed by atoms with van der Waals surface area (Å²) >= 11 is 1.49. The molecule has 108 valence electrons. The molecule has 0 saturated heterocycles. The topological polar surface area (TPSA) is 45.9 Å². The molecule has 0 radical (unpaired) electrons. The van der Waals surface area contributed by atoms with Crippen molar-refractivity contribution < 1.29 is 4.74 Å². The van der Waals surface area contributed by atoms with E-state index >= 15 is 0 Å². The minimum Gasteiger partial charge on any atom is -0.493 e. The van der Waals surface area contributed by atoms with E-state index in [1.165, 1.54) is 24.2 Å². The normalized spacial score (nSPS) is 14.2. The van der Waals surface area contributed by atoms with E-state index in [1.54, 1.807) is 0 Å². The van der Waals surface area contributed by atoms with Gasteiger partial charge < -0.3 is 4.74 Å². The smallest absolute Gasteiger partial charge is 0.128 e. The van der Waals surface area contributed by atoms with Gasteiger partial charge in [-0.15, -0.1) is 11.3 Å². The minimum atomic E-state index is 0.512. The van der Waals surface area contributed by atoms with E-state index in [0.717, 1.165) is 33.5 Å². The second kappa shape index (κ2) is 5.87. The number of nitrogens with zero attached hydrogens (tertiary/aromatic N) is 2. The molecule has 1 heterocycles. The summed E-state index contributed by atoms with van der Waals surface area (Å²) < 4.78 is 5.69. The van der Waals surface area contributed by atoms with Gasteiger partial charge in [-0.25, -0.2) is 4.98 Å². The first-order chi connectivity index (χ1) is 10.2. The van der Waals surface area contributed by atoms with Crippen LogP contribution >= 0.6 is 11.3 Å². The number of aromatic nitrogens is 1. The van der Waals surface area contributed by atoms with Gasteiger partial charge in [0.15, 0.2) is 0 Å². The van der Waals surface area contributed by atoms with Crippen LogP contribution in [0.5, 0.6) is 5.75 Å². The van der Waals surface area contributed by atoms with Gasteiger partial charge in [0.2, 0.25) is 0 Å². The van der Waals surface area contributed by atoms with Crippen molar-refractivity contribution >= 4 is 11.3 Å². The number of hydrogen-bond acceptors (Lipinski definition) is 4. The molecule has 1 saturated carbocycles. The van der Waals surface area contributed by atoms with E-state index < -0.39 is 0 Å². The second-order valence-corrected chi connectivity index (χ2v) is 6.85. The summed E-state index contributed by atoms with van der Waals surface area (Å²) in [6.07, 6.45) is 2.33. The maximum Gasteiger partial charge on any atom is 0.128 e. The summed E-state index contributed by atoms with van der Waals surface area (Å²) in [5, 5.41) is 10.2. The highest BCUT2D eigenvalue weighted by molar-refractivity contribution is 7.15. The van der Waals surface area contributed by atoms with Gasteiger partial charge in [-0.05, 0) is 43.0 Å². The van der Waals surface area contributed by atoms with Crippen molar-refractivity contribution in [3.8, 4) is 22.4 Å². The third-order valence-corrected chi connectivity index (χ3v) is 4.43. The van der Waals surface area contributed by atoms with Crippen molar-refractivity contribution in [3.05, 3.63) is 34.8 Å². The minimum absolute atomic E-state index is 0.512. The van der Waals surface area contributed by atoms with Crippen molar-refractivity contribution in [3.63, 3.8) is 0 Å². The number of benzene rings is 1. The Morgan fingerprint density at radius 3 is 2.62 bits per heavy atom. The Labute approximate surface area is 129 Å². The Morgan fingerprint density at radius 1 is 1.33 bits per heavy atom. The van der Waals surface area contributed by atoms with Crippen LogP contribution in [0.1, 0.15) is 43.2 Å². The summed E-state index contributed by atoms with van der Waals surface area (Å²) in [4.78, 5) is 5.44. The molecule has 4 heteroatoms. The SMILES string of the molecule is CC(C)COc1ccc(-c2nc(C3CC3)c(C#N)s2)cc1. The summed E-state index contributed by atoms with van der Waals surface area (Å²) in [7, 11) is 0. The average molecular weight is 298 g/mol. The molecule has 0 N–H and O–H groups in total. The van der Waals surface area contributed by atoms with E-state index in [0.29, 0.717) is 11.8 Å². The Hall–Kier alpha value is -1.86. The first-order valence-corrected chi connectivity index (χ1v) is 8.13. The van der Waals surface area contributed by atoms with Gasteiger partial charge in [-0.3, -0.25) is 0 Å². The molecule has 2 aromatic rings. The molecule has 1 aliphatic carbocycles. The molecule has 1 fully saturated rings. The number of rotatable bonds is 5. The lowest BCUT2D eigenvalue weighted by Gasteiger charge is -2.08. The molecule has 1 aliphatic rings. The van der Waals surface area contributed by atoms with Gasteiger partial charge in [-0.2, -0.15) is 5.26 Å². The van der Waals surface area contributed by atoms with Gasteiger partial charge in [0.05, 0.1) is 12.3 Å². The van der Waals surface area contributed by atoms with Crippen LogP contribution in [0.2, 0.25) is 0 Å². The molecule has 1 aromatic carbocycles. The molecule has 0 atom stereocenters. The highest BCUT2D eigenvalue weighted by Crippen LogP contribution is 2.44. The summed E-state index contributed by atoms with van der Waals surface area (Å²) in [6, 6.07) is 10.3. The highest BCUT2D eigenvalue weighted by Gasteiger charge is 2.29. The van der Waals surface area contributed by atoms with E-state index in [1.807, 2.05) is 24.3 Å². The molecular formula is C17H18N2OS. The molecule has 0 spiro atoms. The van der Waals surface area contributed by atoms with Crippen LogP contribution < -0.4 is 4.74 Å². The van der Waals surface area contributed by atoms with Crippen molar-refractivity contribution in [2.45, 2.75) is 32.6 Å². The molecule has 0 unspecified atom stereocenters. The van der Waals surface area contributed by atoms with Crippen molar-refractivity contribution in [1.82, 2.24) is 4.98 Å². The molecule has 0 aliphatic heterocycles. The Morgan fingerprint density at radius 2 is 2.05 bits per heavy atom. The van der Waals surface area contributed by atoms with Gasteiger partial charge in [0, 0.05) is 11.5 Å². The van der Waals surface area contributed by atoms with Crippen LogP contribution in [-0.2, 0) is 0 Å². The van der Waals surface area contributed by atoms with E-state index in [4.69, 9.17) is 4.74 Å². The monoisotopic (exact) mass is 298 g/mol. The standard InChI is InChI=1S/C17H18N2OS/c1-11(2)10-20-14-7-5-13(6-8-14)17-19-16(12-3-4-12)15(9-18)21-17/h5-8,11-12H,3-4,10H2,1-2H3. The zero-order chi connectivity index (χ0) is 14.8. The fraction of sp³-hybridized carbons (Fsp3) is 0.412. The maximum atomic E-state index is 9.22. The van der Waals surface area contributed by atoms with Crippen LogP contribution in [-0.4, -0.2) is 11.6 Å². The Balaban J connectivity index is 1.79. The molecule has 0 bridgehead atoms. The summed E-state index contributed by atoms with van der Waals surface area (Å²) in [5.41, 5.74) is 2.05. The predicted octanol–water partition coefficient (Wildman–Crippen LogP) is 4.59. The zero-order valence-electron chi connectivity index (χ0n) is 12.3. The van der Waals surface area contributed by atoms with Crippen LogP contribution in [0.15, 0.2) is 24.3 Å². The van der Waals surface area contributed by atoms with Crippen LogP contribution in [0.3, 0.4) is 0 Å². The third kappa shape index (κ3) is 3.25. The first-order valence-electron chi connectivity index (χ1n) is 7.31. The van der Waals surface area contributed by atoms with Gasteiger partial charge in [0.1, 0.15) is 21.7 Å². The Kier molecular flexibility index (Phi) is 3.94. The molecule has 21 heavy (non-hydrogen) atoms. The molecular weight excluding hydrogens is 280 g/mol. The average Bonchev–Trinajstić information content (AvgIpc) is 3.25. The molecule has 3 nitrogen and oxygen atoms in total. The zero-order valence-corrected chi connectivity index (χ0v) is 13.1. The van der Waals surface area contributed by atoms with E-state index in [2.05, 4.69) is 24.9 Å². The van der Waals surface area contributed by atoms with Crippen LogP contribution in [0.4, 0.5) is 0 Å². The third-order valence-electron chi connectivity index (χ3n) is 3.40.